The molecule has 4 aromatic rings. The van der Waals surface area contributed by atoms with E-state index in [1.54, 1.807) is 24.3 Å². The molecule has 0 saturated carbocycles. The van der Waals surface area contributed by atoms with E-state index in [0.717, 1.165) is 44.0 Å². The summed E-state index contributed by atoms with van der Waals surface area (Å²) in [7, 11) is 0. The van der Waals surface area contributed by atoms with E-state index in [9.17, 15) is 14.4 Å². The fourth-order valence-electron chi connectivity index (χ4n) is 7.47. The average molecular weight is 640 g/mol. The third-order valence-electron chi connectivity index (χ3n) is 9.70. The lowest BCUT2D eigenvalue weighted by atomic mass is 9.54. The molecule has 2 bridgehead atoms. The molecule has 1 saturated heterocycles. The smallest absolute Gasteiger partial charge is 0.247 e. The van der Waals surface area contributed by atoms with Crippen molar-refractivity contribution in [2.75, 3.05) is 5.32 Å². The molecule has 1 fully saturated rings. The highest BCUT2D eigenvalue weighted by molar-refractivity contribution is 6.36. The second kappa shape index (κ2) is 10.5. The van der Waals surface area contributed by atoms with E-state index < -0.39 is 45.3 Å². The Labute approximate surface area is 272 Å². The zero-order valence-corrected chi connectivity index (χ0v) is 26.8. The Hall–Kier alpha value is -4.13. The number of imide groups is 1. The van der Waals surface area contributed by atoms with Crippen molar-refractivity contribution in [2.24, 2.45) is 17.8 Å². The molecule has 4 aliphatic rings. The second-order valence-electron chi connectivity index (χ2n) is 12.5. The van der Waals surface area contributed by atoms with Crippen LogP contribution < -0.4 is 10.1 Å². The zero-order valence-electron chi connectivity index (χ0n) is 25.3. The van der Waals surface area contributed by atoms with Crippen LogP contribution in [-0.2, 0) is 24.1 Å². The number of halogens is 2. The SMILES string of the molecule is Cc1cccc(Oc2ccc(NC(=O)[C@H](C(C)C)N3C(=O)[C@@H]4[C@@H](C3=O)C3(Cl)c5ccccc5C4(Cl)c4ccccc43)cc2)c1C. The minimum Gasteiger partial charge on any atom is -0.457 e. The van der Waals surface area contributed by atoms with E-state index in [2.05, 4.69) is 5.32 Å². The van der Waals surface area contributed by atoms with Gasteiger partial charge in [0.2, 0.25) is 17.7 Å². The lowest BCUT2D eigenvalue weighted by Crippen LogP contribution is -2.57. The Morgan fingerprint density at radius 1 is 0.756 bits per heavy atom. The van der Waals surface area contributed by atoms with E-state index in [-0.39, 0.29) is 5.92 Å². The lowest BCUT2D eigenvalue weighted by molar-refractivity contribution is -0.148. The van der Waals surface area contributed by atoms with Crippen molar-refractivity contribution in [1.29, 1.82) is 0 Å². The van der Waals surface area contributed by atoms with Gasteiger partial charge < -0.3 is 10.1 Å². The van der Waals surface area contributed by atoms with Gasteiger partial charge in [0.25, 0.3) is 0 Å². The van der Waals surface area contributed by atoms with Crippen LogP contribution in [0.2, 0.25) is 0 Å². The number of likely N-dealkylation sites (tertiary alicyclic amines) is 1. The fraction of sp³-hybridized carbons (Fsp3) is 0.270. The molecule has 45 heavy (non-hydrogen) atoms. The predicted molar refractivity (Wildman–Crippen MR) is 175 cm³/mol. The molecular weight excluding hydrogens is 607 g/mol. The van der Waals surface area contributed by atoms with Crippen LogP contribution >= 0.6 is 23.2 Å². The molecule has 3 atom stereocenters. The molecule has 4 aromatic carbocycles. The molecule has 0 spiro atoms. The van der Waals surface area contributed by atoms with Crippen LogP contribution in [-0.4, -0.2) is 28.7 Å². The van der Waals surface area contributed by atoms with Gasteiger partial charge in [-0.05, 0) is 83.5 Å². The van der Waals surface area contributed by atoms with Gasteiger partial charge in [-0.3, -0.25) is 19.3 Å². The van der Waals surface area contributed by atoms with Crippen molar-refractivity contribution >= 4 is 46.6 Å². The van der Waals surface area contributed by atoms with Crippen molar-refractivity contribution in [3.63, 3.8) is 0 Å². The van der Waals surface area contributed by atoms with Gasteiger partial charge in [-0.1, -0.05) is 74.5 Å². The summed E-state index contributed by atoms with van der Waals surface area (Å²) in [5, 5.41) is 2.92. The average Bonchev–Trinajstić information content (AvgIpc) is 3.29. The number of hydrogen-bond acceptors (Lipinski definition) is 4. The number of rotatable bonds is 6. The van der Waals surface area contributed by atoms with E-state index in [4.69, 9.17) is 27.9 Å². The first-order valence-corrected chi connectivity index (χ1v) is 15.8. The van der Waals surface area contributed by atoms with Crippen molar-refractivity contribution in [2.45, 2.75) is 43.5 Å². The van der Waals surface area contributed by atoms with E-state index in [1.165, 1.54) is 0 Å². The highest BCUT2D eigenvalue weighted by Gasteiger charge is 2.73. The topological polar surface area (TPSA) is 75.7 Å². The third-order valence-corrected chi connectivity index (χ3v) is 11.0. The summed E-state index contributed by atoms with van der Waals surface area (Å²) in [6.07, 6.45) is 0. The first-order chi connectivity index (χ1) is 21.5. The van der Waals surface area contributed by atoms with Crippen LogP contribution in [0.1, 0.15) is 47.2 Å². The summed E-state index contributed by atoms with van der Waals surface area (Å²) in [5.74, 6) is -2.39. The first kappa shape index (κ1) is 29.6. The lowest BCUT2D eigenvalue weighted by Gasteiger charge is -2.54. The summed E-state index contributed by atoms with van der Waals surface area (Å²) >= 11 is 15.1. The summed E-state index contributed by atoms with van der Waals surface area (Å²) in [5.41, 5.74) is 5.57. The van der Waals surface area contributed by atoms with Crippen LogP contribution in [0, 0.1) is 31.6 Å². The first-order valence-electron chi connectivity index (χ1n) is 15.1. The number of benzene rings is 4. The van der Waals surface area contributed by atoms with Crippen LogP contribution in [0.4, 0.5) is 5.69 Å². The molecule has 3 amide bonds. The highest BCUT2D eigenvalue weighted by atomic mass is 35.5. The third kappa shape index (κ3) is 4.12. The van der Waals surface area contributed by atoms with Crippen molar-refractivity contribution in [1.82, 2.24) is 4.90 Å². The van der Waals surface area contributed by atoms with Crippen molar-refractivity contribution < 1.29 is 19.1 Å². The maximum absolute atomic E-state index is 14.4. The molecule has 0 unspecified atom stereocenters. The van der Waals surface area contributed by atoms with Crippen LogP contribution in [0.3, 0.4) is 0 Å². The van der Waals surface area contributed by atoms with Crippen LogP contribution in [0.15, 0.2) is 91.0 Å². The number of anilines is 1. The minimum absolute atomic E-state index is 0.384. The molecule has 0 radical (unpaired) electrons. The number of ether oxygens (including phenoxy) is 1. The molecule has 1 aliphatic heterocycles. The quantitative estimate of drug-likeness (QED) is 0.174. The van der Waals surface area contributed by atoms with E-state index >= 15 is 0 Å². The monoisotopic (exact) mass is 638 g/mol. The van der Waals surface area contributed by atoms with Gasteiger partial charge >= 0.3 is 0 Å². The number of nitrogens with zero attached hydrogens (tertiary/aromatic N) is 1. The molecule has 8 heteroatoms. The van der Waals surface area contributed by atoms with Crippen LogP contribution in [0.25, 0.3) is 0 Å². The number of aryl methyl sites for hydroxylation is 1. The summed E-state index contributed by atoms with van der Waals surface area (Å²) < 4.78 is 6.06. The van der Waals surface area contributed by atoms with Gasteiger partial charge in [0.1, 0.15) is 27.3 Å². The molecule has 228 valence electrons. The Morgan fingerprint density at radius 3 is 1.71 bits per heavy atom. The molecule has 8 rings (SSSR count). The Kier molecular flexibility index (Phi) is 6.88. The molecule has 1 heterocycles. The summed E-state index contributed by atoms with van der Waals surface area (Å²) in [6, 6.07) is 26.8. The largest absolute Gasteiger partial charge is 0.457 e. The number of nitrogens with one attached hydrogen (secondary N) is 1. The molecule has 1 N–H and O–H groups in total. The maximum atomic E-state index is 14.4. The summed E-state index contributed by atoms with van der Waals surface area (Å²) in [6.45, 7) is 7.67. The zero-order chi connectivity index (χ0) is 31.8. The molecular formula is C37H32Cl2N2O4. The molecule has 6 nitrogen and oxygen atoms in total. The molecule has 0 aromatic heterocycles. The number of carbonyl (C=O) groups excluding carboxylic acids is 3. The van der Waals surface area contributed by atoms with Gasteiger partial charge in [0.05, 0.1) is 11.8 Å². The predicted octanol–water partition coefficient (Wildman–Crippen LogP) is 7.65. The Morgan fingerprint density at radius 2 is 1.24 bits per heavy atom. The normalized spacial score (nSPS) is 25.1. The number of carbonyl (C=O) groups is 3. The second-order valence-corrected chi connectivity index (χ2v) is 13.7. The van der Waals surface area contributed by atoms with Gasteiger partial charge in [-0.15, -0.1) is 23.2 Å². The maximum Gasteiger partial charge on any atom is 0.247 e. The van der Waals surface area contributed by atoms with Gasteiger partial charge in [-0.2, -0.15) is 0 Å². The summed E-state index contributed by atoms with van der Waals surface area (Å²) in [4.78, 5) is 41.3. The van der Waals surface area contributed by atoms with Gasteiger partial charge in [0.15, 0.2) is 0 Å². The van der Waals surface area contributed by atoms with E-state index in [0.29, 0.717) is 11.4 Å². The minimum atomic E-state index is -1.31. The Balaban J connectivity index is 1.20. The van der Waals surface area contributed by atoms with E-state index in [1.807, 2.05) is 94.4 Å². The fourth-order valence-corrected chi connectivity index (χ4v) is 8.56. The highest BCUT2D eigenvalue weighted by Crippen LogP contribution is 2.69. The van der Waals surface area contributed by atoms with Crippen LogP contribution in [0.5, 0.6) is 11.5 Å². The molecule has 3 aliphatic carbocycles. The number of alkyl halides is 2. The van der Waals surface area contributed by atoms with Gasteiger partial charge in [-0.25, -0.2) is 0 Å². The van der Waals surface area contributed by atoms with Gasteiger partial charge in [0, 0.05) is 5.69 Å². The Bertz CT molecular complexity index is 1760. The number of hydrogen-bond donors (Lipinski definition) is 1. The number of amides is 3. The standard InChI is InChI=1S/C37H32Cl2N2O4/c1-20(2)32(33(42)40-23-16-18-24(19-17-23)45-29-15-9-10-21(3)22(29)4)41-34(43)30-31(35(41)44)37(39)26-12-6-5-11-25(26)36(30,38)27-13-7-8-14-28(27)37/h5-20,30-32H,1-4H3,(H,40,42)/t30-,31-,32-,36?,37?/m0/s1. The van der Waals surface area contributed by atoms with Crippen molar-refractivity contribution in [3.8, 4) is 11.5 Å². The van der Waals surface area contributed by atoms with Crippen molar-refractivity contribution in [3.05, 3.63) is 124 Å².